The number of hydrogen-bond donors (Lipinski definition) is 0. The zero-order valence-corrected chi connectivity index (χ0v) is 18.6. The van der Waals surface area contributed by atoms with Crippen molar-refractivity contribution in [2.75, 3.05) is 0 Å². The fraction of sp³-hybridized carbons (Fsp3) is 0.292. The molecule has 0 bridgehead atoms. The Hall–Kier alpha value is -3.87. The third-order valence-corrected chi connectivity index (χ3v) is 4.77. The quantitative estimate of drug-likeness (QED) is 0.415. The lowest BCUT2D eigenvalue weighted by Crippen LogP contribution is -2.27. The van der Waals surface area contributed by atoms with Crippen molar-refractivity contribution in [1.29, 1.82) is 5.26 Å². The van der Waals surface area contributed by atoms with Gasteiger partial charge in [-0.1, -0.05) is 19.9 Å². The zero-order chi connectivity index (χ0) is 25.0. The standard InChI is InChI=1S/C24H21F4N3O3/c1-14(2)12-31-15(3)8-22(30-23(31)32)33-13-16-4-7-21(20(25)9-16)34-18-6-5-17(11-29)19(10-18)24(26,27)28/h4-10,14H,12-13H2,1-3H3. The molecule has 0 unspecified atom stereocenters. The van der Waals surface area contributed by atoms with Crippen LogP contribution in [0.25, 0.3) is 0 Å². The topological polar surface area (TPSA) is 77.1 Å². The Morgan fingerprint density at radius 1 is 1.15 bits per heavy atom. The van der Waals surface area contributed by atoms with Crippen LogP contribution in [0.4, 0.5) is 17.6 Å². The highest BCUT2D eigenvalue weighted by Gasteiger charge is 2.34. The minimum atomic E-state index is -4.76. The molecule has 1 aromatic heterocycles. The maximum Gasteiger partial charge on any atom is 0.417 e. The molecule has 2 aromatic carbocycles. The van der Waals surface area contributed by atoms with E-state index in [0.717, 1.165) is 18.2 Å². The molecular weight excluding hydrogens is 454 g/mol. The Balaban J connectivity index is 1.73. The van der Waals surface area contributed by atoms with E-state index < -0.39 is 28.8 Å². The van der Waals surface area contributed by atoms with Gasteiger partial charge in [0.15, 0.2) is 11.6 Å². The van der Waals surface area contributed by atoms with Gasteiger partial charge in [-0.2, -0.15) is 23.4 Å². The normalized spacial score (nSPS) is 11.4. The maximum absolute atomic E-state index is 14.5. The molecule has 3 aromatic rings. The maximum atomic E-state index is 14.5. The number of rotatable bonds is 7. The van der Waals surface area contributed by atoms with Gasteiger partial charge in [0.05, 0.1) is 17.2 Å². The van der Waals surface area contributed by atoms with Crippen LogP contribution in [0.1, 0.15) is 36.2 Å². The van der Waals surface area contributed by atoms with Crippen LogP contribution >= 0.6 is 0 Å². The number of nitrogens with zero attached hydrogens (tertiary/aromatic N) is 3. The Labute approximate surface area is 193 Å². The molecule has 0 aliphatic rings. The second-order valence-electron chi connectivity index (χ2n) is 8.00. The molecule has 34 heavy (non-hydrogen) atoms. The molecule has 0 radical (unpaired) electrons. The molecule has 3 rings (SSSR count). The second-order valence-corrected chi connectivity index (χ2v) is 8.00. The predicted octanol–water partition coefficient (Wildman–Crippen LogP) is 5.61. The summed E-state index contributed by atoms with van der Waals surface area (Å²) >= 11 is 0. The third-order valence-electron chi connectivity index (χ3n) is 4.77. The minimum absolute atomic E-state index is 0.0909. The monoisotopic (exact) mass is 475 g/mol. The summed E-state index contributed by atoms with van der Waals surface area (Å²) in [5.74, 6) is -1.03. The molecule has 0 aliphatic carbocycles. The number of aromatic nitrogens is 2. The van der Waals surface area contributed by atoms with E-state index >= 15 is 0 Å². The Kier molecular flexibility index (Phi) is 7.25. The fourth-order valence-electron chi connectivity index (χ4n) is 3.18. The number of aryl methyl sites for hydroxylation is 1. The second kappa shape index (κ2) is 9.95. The number of hydrogen-bond acceptors (Lipinski definition) is 5. The summed E-state index contributed by atoms with van der Waals surface area (Å²) in [5, 5.41) is 8.86. The van der Waals surface area contributed by atoms with Gasteiger partial charge in [0.1, 0.15) is 12.4 Å². The Morgan fingerprint density at radius 3 is 2.47 bits per heavy atom. The SMILES string of the molecule is Cc1cc(OCc2ccc(Oc3ccc(C#N)c(C(F)(F)F)c3)c(F)c2)nc(=O)n1CC(C)C. The molecule has 0 N–H and O–H groups in total. The Morgan fingerprint density at radius 2 is 1.88 bits per heavy atom. The van der Waals surface area contributed by atoms with E-state index in [0.29, 0.717) is 23.9 Å². The lowest BCUT2D eigenvalue weighted by atomic mass is 10.1. The van der Waals surface area contributed by atoms with Crippen molar-refractivity contribution in [1.82, 2.24) is 9.55 Å². The van der Waals surface area contributed by atoms with E-state index in [1.165, 1.54) is 22.8 Å². The van der Waals surface area contributed by atoms with Crippen molar-refractivity contribution in [2.45, 2.75) is 40.1 Å². The summed E-state index contributed by atoms with van der Waals surface area (Å²) in [5.41, 5.74) is -1.10. The average Bonchev–Trinajstić information content (AvgIpc) is 2.75. The molecule has 10 heteroatoms. The van der Waals surface area contributed by atoms with Gasteiger partial charge in [0.25, 0.3) is 0 Å². The van der Waals surface area contributed by atoms with Crippen molar-refractivity contribution in [3.8, 4) is 23.4 Å². The van der Waals surface area contributed by atoms with Crippen LogP contribution in [0, 0.1) is 30.0 Å². The van der Waals surface area contributed by atoms with Gasteiger partial charge >= 0.3 is 11.9 Å². The molecule has 0 fully saturated rings. The van der Waals surface area contributed by atoms with Crippen LogP contribution < -0.4 is 15.2 Å². The third kappa shape index (κ3) is 5.92. The van der Waals surface area contributed by atoms with Crippen molar-refractivity contribution >= 4 is 0 Å². The van der Waals surface area contributed by atoms with Gasteiger partial charge in [-0.25, -0.2) is 9.18 Å². The van der Waals surface area contributed by atoms with Crippen LogP contribution in [-0.4, -0.2) is 9.55 Å². The van der Waals surface area contributed by atoms with Crippen LogP contribution in [0.2, 0.25) is 0 Å². The van der Waals surface area contributed by atoms with E-state index in [9.17, 15) is 22.4 Å². The minimum Gasteiger partial charge on any atom is -0.473 e. The summed E-state index contributed by atoms with van der Waals surface area (Å²) in [6.45, 7) is 6.15. The highest BCUT2D eigenvalue weighted by Crippen LogP contribution is 2.35. The molecule has 6 nitrogen and oxygen atoms in total. The molecule has 0 saturated carbocycles. The van der Waals surface area contributed by atoms with Gasteiger partial charge in [-0.3, -0.25) is 4.57 Å². The van der Waals surface area contributed by atoms with Crippen LogP contribution in [-0.2, 0) is 19.3 Å². The van der Waals surface area contributed by atoms with Gasteiger partial charge in [0.2, 0.25) is 5.88 Å². The number of benzene rings is 2. The van der Waals surface area contributed by atoms with Crippen LogP contribution in [0.5, 0.6) is 17.4 Å². The summed E-state index contributed by atoms with van der Waals surface area (Å²) in [7, 11) is 0. The fourth-order valence-corrected chi connectivity index (χ4v) is 3.18. The number of nitriles is 1. The number of halogens is 4. The first kappa shape index (κ1) is 24.8. The average molecular weight is 475 g/mol. The van der Waals surface area contributed by atoms with Gasteiger partial charge in [0, 0.05) is 18.3 Å². The molecule has 178 valence electrons. The van der Waals surface area contributed by atoms with E-state index in [-0.39, 0.29) is 29.9 Å². The van der Waals surface area contributed by atoms with E-state index in [1.54, 1.807) is 13.0 Å². The molecule has 0 atom stereocenters. The van der Waals surface area contributed by atoms with E-state index in [1.807, 2.05) is 13.8 Å². The largest absolute Gasteiger partial charge is 0.473 e. The summed E-state index contributed by atoms with van der Waals surface area (Å²) in [6, 6.07) is 9.66. The van der Waals surface area contributed by atoms with Crippen LogP contribution in [0.3, 0.4) is 0 Å². The van der Waals surface area contributed by atoms with E-state index in [4.69, 9.17) is 14.7 Å². The van der Waals surface area contributed by atoms with Gasteiger partial charge in [-0.05, 0) is 48.7 Å². The molecule has 0 aliphatic heterocycles. The highest BCUT2D eigenvalue weighted by molar-refractivity contribution is 5.45. The summed E-state index contributed by atoms with van der Waals surface area (Å²) in [4.78, 5) is 16.1. The molecule has 1 heterocycles. The number of alkyl halides is 3. The van der Waals surface area contributed by atoms with Crippen LogP contribution in [0.15, 0.2) is 47.3 Å². The highest BCUT2D eigenvalue weighted by atomic mass is 19.4. The smallest absolute Gasteiger partial charge is 0.417 e. The zero-order valence-electron chi connectivity index (χ0n) is 18.6. The molecule has 0 saturated heterocycles. The molecule has 0 amide bonds. The number of ether oxygens (including phenoxy) is 2. The Bertz CT molecular complexity index is 1290. The first-order valence-corrected chi connectivity index (χ1v) is 10.3. The van der Waals surface area contributed by atoms with E-state index in [2.05, 4.69) is 4.98 Å². The van der Waals surface area contributed by atoms with Crippen molar-refractivity contribution < 1.29 is 27.0 Å². The summed E-state index contributed by atoms with van der Waals surface area (Å²) in [6.07, 6.45) is -4.76. The molecule has 0 spiro atoms. The molecular formula is C24H21F4N3O3. The van der Waals surface area contributed by atoms with Gasteiger partial charge < -0.3 is 9.47 Å². The van der Waals surface area contributed by atoms with Crippen molar-refractivity contribution in [3.05, 3.63) is 81.2 Å². The van der Waals surface area contributed by atoms with Crippen molar-refractivity contribution in [2.24, 2.45) is 5.92 Å². The lowest BCUT2D eigenvalue weighted by Gasteiger charge is -2.14. The first-order chi connectivity index (χ1) is 16.0. The van der Waals surface area contributed by atoms with Gasteiger partial charge in [-0.15, -0.1) is 0 Å². The lowest BCUT2D eigenvalue weighted by molar-refractivity contribution is -0.137. The first-order valence-electron chi connectivity index (χ1n) is 10.3. The summed E-state index contributed by atoms with van der Waals surface area (Å²) < 4.78 is 66.2. The van der Waals surface area contributed by atoms with Crippen molar-refractivity contribution in [3.63, 3.8) is 0 Å². The predicted molar refractivity (Wildman–Crippen MR) is 115 cm³/mol.